The van der Waals surface area contributed by atoms with Crippen molar-refractivity contribution in [3.05, 3.63) is 12.2 Å². The number of hydrogen-bond acceptors (Lipinski definition) is 3. The van der Waals surface area contributed by atoms with Crippen LogP contribution in [0.2, 0.25) is 0 Å². The average Bonchev–Trinajstić information content (AvgIpc) is 3.28. The molecule has 2 aliphatic carbocycles. The third-order valence-electron chi connectivity index (χ3n) is 5.33. The zero-order chi connectivity index (χ0) is 16.9. The molecule has 134 valence electrons. The van der Waals surface area contributed by atoms with Crippen molar-refractivity contribution in [2.75, 3.05) is 13.1 Å². The van der Waals surface area contributed by atoms with Crippen molar-refractivity contribution in [3.63, 3.8) is 0 Å². The number of fused-ring (bicyclic) bond motifs is 2. The lowest BCUT2D eigenvalue weighted by Gasteiger charge is -2.25. The summed E-state index contributed by atoms with van der Waals surface area (Å²) in [6.07, 6.45) is 8.28. The van der Waals surface area contributed by atoms with Crippen LogP contribution in [0.5, 0.6) is 0 Å². The van der Waals surface area contributed by atoms with Gasteiger partial charge >= 0.3 is 0 Å². The first-order valence-electron chi connectivity index (χ1n) is 9.57. The fourth-order valence-electron chi connectivity index (χ4n) is 4.06. The number of aromatic nitrogens is 3. The summed E-state index contributed by atoms with van der Waals surface area (Å²) in [5, 5.41) is 15.4. The molecule has 1 aromatic heterocycles. The van der Waals surface area contributed by atoms with Gasteiger partial charge in [-0.15, -0.1) is 10.2 Å². The maximum atomic E-state index is 4.79. The van der Waals surface area contributed by atoms with Crippen molar-refractivity contribution in [1.29, 1.82) is 0 Å². The van der Waals surface area contributed by atoms with Crippen LogP contribution in [0, 0.1) is 17.8 Å². The van der Waals surface area contributed by atoms with Gasteiger partial charge in [0.25, 0.3) is 0 Å². The van der Waals surface area contributed by atoms with E-state index in [1.807, 2.05) is 6.33 Å². The highest BCUT2D eigenvalue weighted by Gasteiger charge is 2.39. The van der Waals surface area contributed by atoms with Crippen molar-refractivity contribution >= 4 is 5.96 Å². The summed E-state index contributed by atoms with van der Waals surface area (Å²) in [6, 6.07) is 0.614. The third kappa shape index (κ3) is 4.28. The predicted octanol–water partition coefficient (Wildman–Crippen LogP) is 2.22. The largest absolute Gasteiger partial charge is 0.355 e. The van der Waals surface area contributed by atoms with Crippen molar-refractivity contribution in [2.45, 2.75) is 65.5 Å². The highest BCUT2D eigenvalue weighted by Crippen LogP contribution is 2.44. The van der Waals surface area contributed by atoms with Gasteiger partial charge in [0, 0.05) is 32.1 Å². The van der Waals surface area contributed by atoms with Crippen molar-refractivity contribution in [1.82, 2.24) is 25.4 Å². The quantitative estimate of drug-likeness (QED) is 0.593. The van der Waals surface area contributed by atoms with E-state index in [1.165, 1.54) is 25.7 Å². The molecule has 2 N–H and O–H groups in total. The molecule has 0 aromatic carbocycles. The lowest BCUT2D eigenvalue weighted by atomic mass is 9.95. The van der Waals surface area contributed by atoms with E-state index < -0.39 is 0 Å². The topological polar surface area (TPSA) is 67.1 Å². The Bertz CT molecular complexity index is 549. The van der Waals surface area contributed by atoms with Gasteiger partial charge in [-0.1, -0.05) is 27.2 Å². The summed E-state index contributed by atoms with van der Waals surface area (Å²) in [6.45, 7) is 9.11. The molecule has 1 heterocycles. The molecule has 0 saturated heterocycles. The normalized spacial score (nSPS) is 26.3. The zero-order valence-corrected chi connectivity index (χ0v) is 15.3. The summed E-state index contributed by atoms with van der Waals surface area (Å²) in [5.74, 6) is 4.40. The van der Waals surface area contributed by atoms with E-state index >= 15 is 0 Å². The Labute approximate surface area is 145 Å². The Morgan fingerprint density at radius 3 is 2.92 bits per heavy atom. The third-order valence-corrected chi connectivity index (χ3v) is 5.33. The van der Waals surface area contributed by atoms with Crippen LogP contribution in [0.15, 0.2) is 11.3 Å². The van der Waals surface area contributed by atoms with Crippen LogP contribution >= 0.6 is 0 Å². The fourth-order valence-corrected chi connectivity index (χ4v) is 4.06. The van der Waals surface area contributed by atoms with E-state index in [0.29, 0.717) is 12.0 Å². The average molecular weight is 332 g/mol. The van der Waals surface area contributed by atoms with Crippen LogP contribution in [-0.4, -0.2) is 39.9 Å². The number of rotatable bonds is 7. The number of nitrogens with one attached hydrogen (secondary N) is 2. The van der Waals surface area contributed by atoms with E-state index in [1.54, 1.807) is 0 Å². The second-order valence-electron chi connectivity index (χ2n) is 7.73. The molecular weight excluding hydrogens is 300 g/mol. The molecule has 0 aliphatic heterocycles. The maximum absolute atomic E-state index is 4.79. The molecule has 2 aliphatic rings. The Hall–Kier alpha value is -1.59. The highest BCUT2D eigenvalue weighted by atomic mass is 15.3. The predicted molar refractivity (Wildman–Crippen MR) is 96.9 cm³/mol. The van der Waals surface area contributed by atoms with Gasteiger partial charge in [0.15, 0.2) is 5.96 Å². The number of hydrogen-bond donors (Lipinski definition) is 2. The minimum Gasteiger partial charge on any atom is -0.355 e. The van der Waals surface area contributed by atoms with Crippen molar-refractivity contribution in [2.24, 2.45) is 22.7 Å². The molecule has 2 fully saturated rings. The molecule has 6 nitrogen and oxygen atoms in total. The SMILES string of the molecule is CCc1nncn1CCNC(=NCC(C)C)NC1CC2CCC1C2. The molecular formula is C18H32N6. The van der Waals surface area contributed by atoms with Crippen LogP contribution in [0.3, 0.4) is 0 Å². The Morgan fingerprint density at radius 1 is 1.38 bits per heavy atom. The molecule has 2 bridgehead atoms. The summed E-state index contributed by atoms with van der Waals surface area (Å²) < 4.78 is 2.12. The second-order valence-corrected chi connectivity index (χ2v) is 7.73. The van der Waals surface area contributed by atoms with Crippen LogP contribution in [0.4, 0.5) is 0 Å². The van der Waals surface area contributed by atoms with Gasteiger partial charge in [-0.05, 0) is 37.0 Å². The molecule has 0 radical (unpaired) electrons. The van der Waals surface area contributed by atoms with E-state index in [-0.39, 0.29) is 0 Å². The van der Waals surface area contributed by atoms with E-state index in [9.17, 15) is 0 Å². The van der Waals surface area contributed by atoms with Crippen molar-refractivity contribution < 1.29 is 0 Å². The van der Waals surface area contributed by atoms with Crippen LogP contribution < -0.4 is 10.6 Å². The van der Waals surface area contributed by atoms with Crippen molar-refractivity contribution in [3.8, 4) is 0 Å². The van der Waals surface area contributed by atoms with Gasteiger partial charge in [0.1, 0.15) is 12.2 Å². The van der Waals surface area contributed by atoms with Crippen LogP contribution in [-0.2, 0) is 13.0 Å². The van der Waals surface area contributed by atoms with E-state index in [4.69, 9.17) is 4.99 Å². The fraction of sp³-hybridized carbons (Fsp3) is 0.833. The molecule has 2 saturated carbocycles. The van der Waals surface area contributed by atoms with Gasteiger partial charge < -0.3 is 15.2 Å². The lowest BCUT2D eigenvalue weighted by molar-refractivity contribution is 0.386. The molecule has 3 unspecified atom stereocenters. The number of aliphatic imine (C=N–C) groups is 1. The summed E-state index contributed by atoms with van der Waals surface area (Å²) in [4.78, 5) is 4.79. The summed E-state index contributed by atoms with van der Waals surface area (Å²) in [5.41, 5.74) is 0. The maximum Gasteiger partial charge on any atom is 0.191 e. The Morgan fingerprint density at radius 2 is 2.25 bits per heavy atom. The van der Waals surface area contributed by atoms with Gasteiger partial charge in [-0.2, -0.15) is 0 Å². The van der Waals surface area contributed by atoms with Gasteiger partial charge in [-0.25, -0.2) is 0 Å². The van der Waals surface area contributed by atoms with E-state index in [2.05, 4.69) is 46.2 Å². The Balaban J connectivity index is 1.53. The summed E-state index contributed by atoms with van der Waals surface area (Å²) >= 11 is 0. The second kappa shape index (κ2) is 7.99. The smallest absolute Gasteiger partial charge is 0.191 e. The van der Waals surface area contributed by atoms with Crippen LogP contribution in [0.25, 0.3) is 0 Å². The first-order chi connectivity index (χ1) is 11.7. The van der Waals surface area contributed by atoms with Crippen LogP contribution in [0.1, 0.15) is 52.3 Å². The molecule has 3 atom stereocenters. The highest BCUT2D eigenvalue weighted by molar-refractivity contribution is 5.80. The summed E-state index contributed by atoms with van der Waals surface area (Å²) in [7, 11) is 0. The molecule has 0 amide bonds. The first-order valence-corrected chi connectivity index (χ1v) is 9.57. The monoisotopic (exact) mass is 332 g/mol. The number of nitrogens with zero attached hydrogens (tertiary/aromatic N) is 4. The minimum atomic E-state index is 0.577. The number of aryl methyl sites for hydroxylation is 1. The molecule has 24 heavy (non-hydrogen) atoms. The van der Waals surface area contributed by atoms with Gasteiger partial charge in [0.2, 0.25) is 0 Å². The lowest BCUT2D eigenvalue weighted by Crippen LogP contribution is -2.46. The molecule has 0 spiro atoms. The molecule has 6 heteroatoms. The molecule has 3 rings (SSSR count). The van der Waals surface area contributed by atoms with Gasteiger partial charge in [-0.3, -0.25) is 4.99 Å². The number of guanidine groups is 1. The molecule has 1 aromatic rings. The minimum absolute atomic E-state index is 0.577. The Kier molecular flexibility index (Phi) is 5.74. The van der Waals surface area contributed by atoms with E-state index in [0.717, 1.165) is 49.7 Å². The van der Waals surface area contributed by atoms with Gasteiger partial charge in [0.05, 0.1) is 0 Å². The first kappa shape index (κ1) is 17.2. The zero-order valence-electron chi connectivity index (χ0n) is 15.3. The standard InChI is InChI=1S/C18H32N6/c1-4-17-23-21-12-24(17)8-7-19-18(20-11-13(2)3)22-16-10-14-5-6-15(16)9-14/h12-16H,4-11H2,1-3H3,(H2,19,20,22).